The van der Waals surface area contributed by atoms with Crippen molar-refractivity contribution in [2.24, 2.45) is 0 Å². The van der Waals surface area contributed by atoms with Gasteiger partial charge in [0.05, 0.1) is 11.3 Å². The van der Waals surface area contributed by atoms with E-state index in [9.17, 15) is 22.4 Å². The topological polar surface area (TPSA) is 22.0 Å². The van der Waals surface area contributed by atoms with E-state index in [2.05, 4.69) is 0 Å². The molecular formula is C14H11F4NO. The molecule has 0 fully saturated rings. The van der Waals surface area contributed by atoms with Crippen LogP contribution in [0.4, 0.5) is 17.6 Å². The molecule has 106 valence electrons. The molecule has 1 heterocycles. The zero-order valence-corrected chi connectivity index (χ0v) is 10.8. The van der Waals surface area contributed by atoms with Gasteiger partial charge in [-0.3, -0.25) is 4.79 Å². The van der Waals surface area contributed by atoms with Crippen molar-refractivity contribution in [3.63, 3.8) is 0 Å². The van der Waals surface area contributed by atoms with Crippen LogP contribution in [0.3, 0.4) is 0 Å². The Balaban J connectivity index is 2.77. The zero-order chi connectivity index (χ0) is 15.1. The number of benzene rings is 1. The molecule has 0 aliphatic heterocycles. The van der Waals surface area contributed by atoms with Crippen LogP contribution < -0.4 is 0 Å². The molecule has 1 aromatic heterocycles. The number of alkyl halides is 3. The molecule has 20 heavy (non-hydrogen) atoms. The minimum Gasteiger partial charge on any atom is -0.317 e. The molecule has 1 aromatic carbocycles. The van der Waals surface area contributed by atoms with Crippen molar-refractivity contribution < 1.29 is 22.4 Å². The third-order valence-electron chi connectivity index (χ3n) is 3.10. The monoisotopic (exact) mass is 285 g/mol. The van der Waals surface area contributed by atoms with Gasteiger partial charge in [0.2, 0.25) is 0 Å². The van der Waals surface area contributed by atoms with E-state index in [-0.39, 0.29) is 5.69 Å². The Hall–Kier alpha value is -2.11. The zero-order valence-electron chi connectivity index (χ0n) is 10.8. The maximum absolute atomic E-state index is 13.1. The van der Waals surface area contributed by atoms with E-state index in [1.54, 1.807) is 13.8 Å². The van der Waals surface area contributed by atoms with E-state index < -0.39 is 17.6 Å². The van der Waals surface area contributed by atoms with Crippen molar-refractivity contribution in [1.82, 2.24) is 4.57 Å². The van der Waals surface area contributed by atoms with Crippen LogP contribution in [-0.4, -0.2) is 10.9 Å². The molecule has 0 saturated heterocycles. The summed E-state index contributed by atoms with van der Waals surface area (Å²) in [6.45, 7) is 3.13. The molecule has 0 amide bonds. The SMILES string of the molecule is Cc1cc(C=O)c(C)n1-c1ccc(F)cc1C(F)(F)F. The molecule has 0 saturated carbocycles. The molecule has 0 N–H and O–H groups in total. The van der Waals surface area contributed by atoms with Gasteiger partial charge in [-0.05, 0) is 38.1 Å². The highest BCUT2D eigenvalue weighted by molar-refractivity contribution is 5.77. The van der Waals surface area contributed by atoms with Gasteiger partial charge in [0.1, 0.15) is 5.82 Å². The first-order valence-electron chi connectivity index (χ1n) is 5.77. The molecule has 0 radical (unpaired) electrons. The van der Waals surface area contributed by atoms with Gasteiger partial charge in [-0.15, -0.1) is 0 Å². The lowest BCUT2D eigenvalue weighted by molar-refractivity contribution is -0.137. The molecule has 0 aliphatic carbocycles. The summed E-state index contributed by atoms with van der Waals surface area (Å²) in [4.78, 5) is 10.9. The van der Waals surface area contributed by atoms with Gasteiger partial charge in [0.25, 0.3) is 0 Å². The largest absolute Gasteiger partial charge is 0.418 e. The van der Waals surface area contributed by atoms with Crippen LogP contribution in [-0.2, 0) is 6.18 Å². The number of aromatic nitrogens is 1. The molecule has 6 heteroatoms. The third kappa shape index (κ3) is 2.33. The molecule has 0 spiro atoms. The summed E-state index contributed by atoms with van der Waals surface area (Å²) < 4.78 is 53.4. The van der Waals surface area contributed by atoms with Crippen molar-refractivity contribution in [1.29, 1.82) is 0 Å². The molecule has 2 aromatic rings. The second-order valence-electron chi connectivity index (χ2n) is 4.44. The minimum atomic E-state index is -4.68. The third-order valence-corrected chi connectivity index (χ3v) is 3.10. The first-order valence-corrected chi connectivity index (χ1v) is 5.77. The number of hydrogen-bond acceptors (Lipinski definition) is 1. The van der Waals surface area contributed by atoms with E-state index in [4.69, 9.17) is 0 Å². The van der Waals surface area contributed by atoms with Crippen molar-refractivity contribution in [3.8, 4) is 5.69 Å². The summed E-state index contributed by atoms with van der Waals surface area (Å²) in [5, 5.41) is 0. The van der Waals surface area contributed by atoms with E-state index in [1.165, 1.54) is 10.6 Å². The maximum Gasteiger partial charge on any atom is 0.418 e. The van der Waals surface area contributed by atoms with Gasteiger partial charge in [-0.2, -0.15) is 13.2 Å². The van der Waals surface area contributed by atoms with Gasteiger partial charge >= 0.3 is 6.18 Å². The Labute approximate surface area is 112 Å². The van der Waals surface area contributed by atoms with Gasteiger partial charge in [-0.1, -0.05) is 0 Å². The normalized spacial score (nSPS) is 11.7. The van der Waals surface area contributed by atoms with Gasteiger partial charge in [0.15, 0.2) is 6.29 Å². The van der Waals surface area contributed by atoms with Crippen LogP contribution in [0, 0.1) is 19.7 Å². The number of carbonyl (C=O) groups is 1. The number of aldehydes is 1. The molecule has 0 bridgehead atoms. The van der Waals surface area contributed by atoms with Crippen LogP contribution in [0.2, 0.25) is 0 Å². The van der Waals surface area contributed by atoms with Crippen molar-refractivity contribution >= 4 is 6.29 Å². The van der Waals surface area contributed by atoms with Crippen molar-refractivity contribution in [3.05, 3.63) is 52.6 Å². The maximum atomic E-state index is 13.1. The minimum absolute atomic E-state index is 0.193. The fourth-order valence-corrected chi connectivity index (χ4v) is 2.21. The van der Waals surface area contributed by atoms with Gasteiger partial charge < -0.3 is 4.57 Å². The summed E-state index contributed by atoms with van der Waals surface area (Å²) in [7, 11) is 0. The molecule has 0 unspecified atom stereocenters. The van der Waals surface area contributed by atoms with Gasteiger partial charge in [0, 0.05) is 17.0 Å². The van der Waals surface area contributed by atoms with Crippen LogP contribution in [0.15, 0.2) is 24.3 Å². The predicted molar refractivity (Wildman–Crippen MR) is 65.6 cm³/mol. The first kappa shape index (κ1) is 14.3. The van der Waals surface area contributed by atoms with E-state index >= 15 is 0 Å². The van der Waals surface area contributed by atoms with E-state index in [1.807, 2.05) is 0 Å². The Bertz CT molecular complexity index is 671. The highest BCUT2D eigenvalue weighted by atomic mass is 19.4. The number of rotatable bonds is 2. The fourth-order valence-electron chi connectivity index (χ4n) is 2.21. The Kier molecular flexibility index (Phi) is 3.41. The Morgan fingerprint density at radius 3 is 2.30 bits per heavy atom. The summed E-state index contributed by atoms with van der Waals surface area (Å²) in [5.41, 5.74) is -0.102. The molecule has 0 atom stereocenters. The smallest absolute Gasteiger partial charge is 0.317 e. The lowest BCUT2D eigenvalue weighted by Gasteiger charge is -2.17. The van der Waals surface area contributed by atoms with Crippen molar-refractivity contribution in [2.75, 3.05) is 0 Å². The second kappa shape index (κ2) is 4.77. The number of hydrogen-bond donors (Lipinski definition) is 0. The summed E-state index contributed by atoms with van der Waals surface area (Å²) in [6, 6.07) is 3.97. The lowest BCUT2D eigenvalue weighted by Crippen LogP contribution is -2.13. The van der Waals surface area contributed by atoms with Crippen LogP contribution >= 0.6 is 0 Å². The summed E-state index contributed by atoms with van der Waals surface area (Å²) in [6.07, 6.45) is -4.10. The summed E-state index contributed by atoms with van der Waals surface area (Å²) >= 11 is 0. The van der Waals surface area contributed by atoms with Crippen LogP contribution in [0.5, 0.6) is 0 Å². The number of aryl methyl sites for hydroxylation is 1. The highest BCUT2D eigenvalue weighted by Gasteiger charge is 2.35. The van der Waals surface area contributed by atoms with Crippen molar-refractivity contribution in [2.45, 2.75) is 20.0 Å². The van der Waals surface area contributed by atoms with Crippen LogP contribution in [0.25, 0.3) is 5.69 Å². The molecule has 0 aliphatic rings. The molecule has 2 rings (SSSR count). The standard InChI is InChI=1S/C14H11F4NO/c1-8-5-10(7-20)9(2)19(8)13-4-3-11(15)6-12(13)14(16,17)18/h3-7H,1-2H3. The average molecular weight is 285 g/mol. The van der Waals surface area contributed by atoms with Crippen LogP contribution in [0.1, 0.15) is 27.3 Å². The number of nitrogens with zero attached hydrogens (tertiary/aromatic N) is 1. The summed E-state index contributed by atoms with van der Waals surface area (Å²) in [5.74, 6) is -0.959. The van der Waals surface area contributed by atoms with E-state index in [0.29, 0.717) is 29.3 Å². The second-order valence-corrected chi connectivity index (χ2v) is 4.44. The average Bonchev–Trinajstić information content (AvgIpc) is 2.64. The quantitative estimate of drug-likeness (QED) is 0.602. The lowest BCUT2D eigenvalue weighted by atomic mass is 10.1. The fraction of sp³-hybridized carbons (Fsp3) is 0.214. The molecule has 2 nitrogen and oxygen atoms in total. The number of carbonyl (C=O) groups excluding carboxylic acids is 1. The van der Waals surface area contributed by atoms with Gasteiger partial charge in [-0.25, -0.2) is 4.39 Å². The first-order chi connectivity index (χ1) is 9.25. The Morgan fingerprint density at radius 2 is 1.80 bits per heavy atom. The number of halogens is 4. The highest BCUT2D eigenvalue weighted by Crippen LogP contribution is 2.35. The Morgan fingerprint density at radius 1 is 1.15 bits per heavy atom. The predicted octanol–water partition coefficient (Wildman–Crippen LogP) is 4.06. The molecular weight excluding hydrogens is 274 g/mol. The van der Waals surface area contributed by atoms with E-state index in [0.717, 1.165) is 12.1 Å².